The van der Waals surface area contributed by atoms with E-state index in [-0.39, 0.29) is 0 Å². The van der Waals surface area contributed by atoms with E-state index in [1.54, 1.807) is 11.8 Å². The molecule has 1 aromatic rings. The molecule has 17 heavy (non-hydrogen) atoms. The van der Waals surface area contributed by atoms with E-state index in [0.717, 1.165) is 24.3 Å². The highest BCUT2D eigenvalue weighted by Gasteiger charge is 2.07. The molecule has 3 nitrogen and oxygen atoms in total. The Labute approximate surface area is 106 Å². The highest BCUT2D eigenvalue weighted by molar-refractivity contribution is 8.14. The monoisotopic (exact) mass is 247 g/mol. The molecule has 0 saturated carbocycles. The molecule has 0 aromatic heterocycles. The van der Waals surface area contributed by atoms with E-state index in [1.165, 1.54) is 18.4 Å². The van der Waals surface area contributed by atoms with Crippen molar-refractivity contribution in [3.05, 3.63) is 35.9 Å². The van der Waals surface area contributed by atoms with Crippen molar-refractivity contribution >= 4 is 22.6 Å². The van der Waals surface area contributed by atoms with Crippen molar-refractivity contribution < 1.29 is 0 Å². The number of unbranched alkanes of at least 4 members (excludes halogenated alkanes) is 1. The molecule has 0 bridgehead atoms. The molecule has 90 valence electrons. The third-order valence-electron chi connectivity index (χ3n) is 2.70. The standard InChI is InChI=1S/C13H17N3S/c14-13-16-15-12(10-17-13)9-5-4-8-11-6-2-1-3-7-11/h1-3,6-7H,4-5,8-10H2,(H2,14,16). The Bertz CT molecular complexity index is 412. The van der Waals surface area contributed by atoms with Crippen LogP contribution in [-0.4, -0.2) is 16.6 Å². The van der Waals surface area contributed by atoms with Gasteiger partial charge in [0.1, 0.15) is 0 Å². The normalized spacial score (nSPS) is 15.3. The lowest BCUT2D eigenvalue weighted by Crippen LogP contribution is -2.15. The van der Waals surface area contributed by atoms with Crippen LogP contribution in [0.1, 0.15) is 24.8 Å². The Hall–Kier alpha value is -1.29. The predicted octanol–water partition coefficient (Wildman–Crippen LogP) is 2.82. The molecular formula is C13H17N3S. The van der Waals surface area contributed by atoms with Crippen LogP contribution in [0.25, 0.3) is 0 Å². The molecule has 2 rings (SSSR count). The minimum atomic E-state index is 0.582. The van der Waals surface area contributed by atoms with Gasteiger partial charge < -0.3 is 5.73 Å². The number of hydrogen-bond acceptors (Lipinski definition) is 4. The number of benzene rings is 1. The number of hydrogen-bond donors (Lipinski definition) is 1. The lowest BCUT2D eigenvalue weighted by atomic mass is 10.1. The fraction of sp³-hybridized carbons (Fsp3) is 0.385. The molecule has 1 aliphatic heterocycles. The lowest BCUT2D eigenvalue weighted by Gasteiger charge is -2.08. The van der Waals surface area contributed by atoms with Gasteiger partial charge in [0.2, 0.25) is 0 Å². The summed E-state index contributed by atoms with van der Waals surface area (Å²) in [5, 5.41) is 8.59. The van der Waals surface area contributed by atoms with Crippen LogP contribution in [-0.2, 0) is 6.42 Å². The topological polar surface area (TPSA) is 50.7 Å². The van der Waals surface area contributed by atoms with Crippen LogP contribution in [0, 0.1) is 0 Å². The zero-order valence-electron chi connectivity index (χ0n) is 9.80. The Balaban J connectivity index is 1.67. The predicted molar refractivity (Wildman–Crippen MR) is 75.5 cm³/mol. The molecule has 4 heteroatoms. The zero-order chi connectivity index (χ0) is 11.9. The van der Waals surface area contributed by atoms with Gasteiger partial charge in [0.15, 0.2) is 5.17 Å². The van der Waals surface area contributed by atoms with Crippen molar-refractivity contribution in [2.45, 2.75) is 25.7 Å². The third kappa shape index (κ3) is 4.23. The van der Waals surface area contributed by atoms with Crippen molar-refractivity contribution in [3.8, 4) is 0 Å². The molecule has 0 aliphatic carbocycles. The van der Waals surface area contributed by atoms with E-state index in [0.29, 0.717) is 5.17 Å². The van der Waals surface area contributed by atoms with Gasteiger partial charge in [-0.1, -0.05) is 42.1 Å². The molecular weight excluding hydrogens is 230 g/mol. The third-order valence-corrected chi connectivity index (χ3v) is 3.56. The molecule has 2 N–H and O–H groups in total. The molecule has 0 unspecified atom stereocenters. The summed E-state index contributed by atoms with van der Waals surface area (Å²) in [6.45, 7) is 0. The van der Waals surface area contributed by atoms with E-state index >= 15 is 0 Å². The minimum absolute atomic E-state index is 0.582. The number of thioether (sulfide) groups is 1. The maximum atomic E-state index is 5.53. The summed E-state index contributed by atoms with van der Waals surface area (Å²) in [5.41, 5.74) is 8.11. The first-order chi connectivity index (χ1) is 8.34. The summed E-state index contributed by atoms with van der Waals surface area (Å²) in [5.74, 6) is 0.903. The maximum Gasteiger partial charge on any atom is 0.180 e. The van der Waals surface area contributed by atoms with Crippen LogP contribution in [0.5, 0.6) is 0 Å². The number of nitrogens with two attached hydrogens (primary N) is 1. The van der Waals surface area contributed by atoms with Gasteiger partial charge >= 0.3 is 0 Å². The molecule has 0 fully saturated rings. The van der Waals surface area contributed by atoms with Crippen LogP contribution in [0.2, 0.25) is 0 Å². The van der Waals surface area contributed by atoms with Crippen LogP contribution in [0.4, 0.5) is 0 Å². The number of aryl methyl sites for hydroxylation is 1. The SMILES string of the molecule is NC1=NN=C(CCCCc2ccccc2)CS1. The molecule has 0 saturated heterocycles. The van der Waals surface area contributed by atoms with Crippen LogP contribution >= 0.6 is 11.8 Å². The molecule has 0 atom stereocenters. The molecule has 1 aromatic carbocycles. The number of rotatable bonds is 5. The smallest absolute Gasteiger partial charge is 0.180 e. The Morgan fingerprint density at radius 2 is 1.82 bits per heavy atom. The molecule has 0 amide bonds. The quantitative estimate of drug-likeness (QED) is 0.813. The molecule has 1 aliphatic rings. The summed E-state index contributed by atoms with van der Waals surface area (Å²) in [7, 11) is 0. The summed E-state index contributed by atoms with van der Waals surface area (Å²) in [4.78, 5) is 0. The highest BCUT2D eigenvalue weighted by Crippen LogP contribution is 2.12. The first kappa shape index (κ1) is 12.2. The van der Waals surface area contributed by atoms with E-state index in [2.05, 4.69) is 40.5 Å². The Kier molecular flexibility index (Phi) is 4.62. The highest BCUT2D eigenvalue weighted by atomic mass is 32.2. The molecule has 0 radical (unpaired) electrons. The maximum absolute atomic E-state index is 5.53. The zero-order valence-corrected chi connectivity index (χ0v) is 10.6. The fourth-order valence-corrected chi connectivity index (χ4v) is 2.38. The van der Waals surface area contributed by atoms with Crippen molar-refractivity contribution in [2.75, 3.05) is 5.75 Å². The van der Waals surface area contributed by atoms with Crippen LogP contribution in [0.15, 0.2) is 40.5 Å². The fourth-order valence-electron chi connectivity index (χ4n) is 1.76. The van der Waals surface area contributed by atoms with Gasteiger partial charge in [-0.2, -0.15) is 5.10 Å². The van der Waals surface area contributed by atoms with Crippen molar-refractivity contribution in [2.24, 2.45) is 15.9 Å². The van der Waals surface area contributed by atoms with E-state index in [9.17, 15) is 0 Å². The van der Waals surface area contributed by atoms with E-state index in [4.69, 9.17) is 5.73 Å². The van der Waals surface area contributed by atoms with Gasteiger partial charge in [-0.25, -0.2) is 0 Å². The van der Waals surface area contributed by atoms with Gasteiger partial charge in [0, 0.05) is 5.75 Å². The second kappa shape index (κ2) is 6.45. The van der Waals surface area contributed by atoms with Gasteiger partial charge in [0.25, 0.3) is 0 Å². The Morgan fingerprint density at radius 3 is 2.53 bits per heavy atom. The summed E-state index contributed by atoms with van der Waals surface area (Å²) in [6, 6.07) is 10.6. The van der Waals surface area contributed by atoms with Crippen LogP contribution in [0.3, 0.4) is 0 Å². The summed E-state index contributed by atoms with van der Waals surface area (Å²) in [6.07, 6.45) is 4.56. The first-order valence-corrected chi connectivity index (χ1v) is 6.89. The van der Waals surface area contributed by atoms with Gasteiger partial charge in [-0.3, -0.25) is 0 Å². The Morgan fingerprint density at radius 1 is 1.06 bits per heavy atom. The van der Waals surface area contributed by atoms with Crippen molar-refractivity contribution in [1.82, 2.24) is 0 Å². The molecule has 0 spiro atoms. The van der Waals surface area contributed by atoms with Gasteiger partial charge in [-0.05, 0) is 31.2 Å². The number of nitrogens with zero attached hydrogens (tertiary/aromatic N) is 2. The van der Waals surface area contributed by atoms with E-state index < -0.39 is 0 Å². The summed E-state index contributed by atoms with van der Waals surface area (Å²) >= 11 is 1.58. The minimum Gasteiger partial charge on any atom is -0.377 e. The van der Waals surface area contributed by atoms with Crippen LogP contribution < -0.4 is 5.73 Å². The second-order valence-corrected chi connectivity index (χ2v) is 5.08. The van der Waals surface area contributed by atoms with E-state index in [1.807, 2.05) is 0 Å². The average molecular weight is 247 g/mol. The first-order valence-electron chi connectivity index (χ1n) is 5.90. The molecule has 1 heterocycles. The largest absolute Gasteiger partial charge is 0.377 e. The lowest BCUT2D eigenvalue weighted by molar-refractivity contribution is 0.759. The van der Waals surface area contributed by atoms with Gasteiger partial charge in [0.05, 0.1) is 5.71 Å². The number of amidine groups is 1. The second-order valence-electron chi connectivity index (χ2n) is 4.09. The average Bonchev–Trinajstić information content (AvgIpc) is 2.38. The van der Waals surface area contributed by atoms with Crippen molar-refractivity contribution in [3.63, 3.8) is 0 Å². The van der Waals surface area contributed by atoms with Crippen molar-refractivity contribution in [1.29, 1.82) is 0 Å². The summed E-state index contributed by atoms with van der Waals surface area (Å²) < 4.78 is 0. The van der Waals surface area contributed by atoms with Gasteiger partial charge in [-0.15, -0.1) is 5.10 Å².